The Morgan fingerprint density at radius 2 is 1.75 bits per heavy atom. The number of sulfonamides is 1. The summed E-state index contributed by atoms with van der Waals surface area (Å²) < 4.78 is 33.8. The normalized spacial score (nSPS) is 11.7. The van der Waals surface area contributed by atoms with Gasteiger partial charge in [-0.3, -0.25) is 20.3 Å². The van der Waals surface area contributed by atoms with Crippen molar-refractivity contribution in [1.29, 1.82) is 0 Å². The lowest BCUT2D eigenvalue weighted by atomic mass is 10.1. The fourth-order valence-corrected chi connectivity index (χ4v) is 4.35. The van der Waals surface area contributed by atoms with Crippen molar-refractivity contribution in [3.63, 3.8) is 0 Å². The molecule has 166 valence electrons. The van der Waals surface area contributed by atoms with Crippen molar-refractivity contribution in [1.82, 2.24) is 0 Å². The summed E-state index contributed by atoms with van der Waals surface area (Å²) in [6.45, 7) is 1.70. The Morgan fingerprint density at radius 3 is 2.44 bits per heavy atom. The third-order valence-corrected chi connectivity index (χ3v) is 6.16. The van der Waals surface area contributed by atoms with Crippen LogP contribution >= 0.6 is 11.6 Å². The van der Waals surface area contributed by atoms with E-state index in [1.165, 1.54) is 25.3 Å². The molecule has 0 radical (unpaired) electrons. The predicted molar refractivity (Wildman–Crippen MR) is 124 cm³/mol. The molecule has 0 fully saturated rings. The molecule has 0 heterocycles. The van der Waals surface area contributed by atoms with Crippen molar-refractivity contribution in [2.45, 2.75) is 11.8 Å². The molecule has 0 amide bonds. The van der Waals surface area contributed by atoms with E-state index in [0.29, 0.717) is 22.0 Å². The molecule has 32 heavy (non-hydrogen) atoms. The number of nitro benzene ring substituents is 1. The van der Waals surface area contributed by atoms with Gasteiger partial charge in [0.05, 0.1) is 29.1 Å². The van der Waals surface area contributed by atoms with Gasteiger partial charge < -0.3 is 4.74 Å². The minimum Gasteiger partial charge on any atom is -0.495 e. The Morgan fingerprint density at radius 1 is 1.06 bits per heavy atom. The quantitative estimate of drug-likeness (QED) is 0.272. The van der Waals surface area contributed by atoms with Crippen LogP contribution in [0.1, 0.15) is 12.5 Å². The van der Waals surface area contributed by atoms with Gasteiger partial charge in [-0.1, -0.05) is 41.9 Å². The monoisotopic (exact) mass is 474 g/mol. The van der Waals surface area contributed by atoms with Crippen LogP contribution in [0.3, 0.4) is 0 Å². The van der Waals surface area contributed by atoms with Gasteiger partial charge in [0.25, 0.3) is 15.7 Å². The number of hydrogen-bond donors (Lipinski definition) is 2. The summed E-state index contributed by atoms with van der Waals surface area (Å²) >= 11 is 6.18. The molecule has 0 saturated heterocycles. The van der Waals surface area contributed by atoms with E-state index in [-0.39, 0.29) is 22.0 Å². The number of hydrazone groups is 1. The number of nitro groups is 1. The number of non-ortho nitro benzene ring substituents is 1. The first kappa shape index (κ1) is 23.0. The van der Waals surface area contributed by atoms with Crippen LogP contribution in [0.15, 0.2) is 76.7 Å². The molecular weight excluding hydrogens is 456 g/mol. The first-order valence-corrected chi connectivity index (χ1v) is 11.1. The Kier molecular flexibility index (Phi) is 6.96. The van der Waals surface area contributed by atoms with Gasteiger partial charge >= 0.3 is 0 Å². The standard InChI is InChI=1S/C21H19ClN4O5S/c1-14(16-7-3-4-8-17(16)22)23-24-19-12-11-15(26(27)28)13-21(19)32(29,30)25-18-9-5-6-10-20(18)31-2/h3-13,24-25H,1-2H3/b23-14-. The highest BCUT2D eigenvalue weighted by atomic mass is 35.5. The van der Waals surface area contributed by atoms with E-state index < -0.39 is 14.9 Å². The largest absolute Gasteiger partial charge is 0.495 e. The van der Waals surface area contributed by atoms with Crippen molar-refractivity contribution < 1.29 is 18.1 Å². The second kappa shape index (κ2) is 9.67. The second-order valence-electron chi connectivity index (χ2n) is 6.53. The van der Waals surface area contributed by atoms with Crippen molar-refractivity contribution in [3.05, 3.63) is 87.4 Å². The van der Waals surface area contributed by atoms with Gasteiger partial charge in [0.1, 0.15) is 10.6 Å². The lowest BCUT2D eigenvalue weighted by Crippen LogP contribution is -2.16. The topological polar surface area (TPSA) is 123 Å². The van der Waals surface area contributed by atoms with Gasteiger partial charge in [-0.05, 0) is 31.2 Å². The number of ether oxygens (including phenoxy) is 1. The fourth-order valence-electron chi connectivity index (χ4n) is 2.83. The number of rotatable bonds is 8. The van der Waals surface area contributed by atoms with Crippen molar-refractivity contribution in [3.8, 4) is 5.75 Å². The predicted octanol–water partition coefficient (Wildman–Crippen LogP) is 4.89. The summed E-state index contributed by atoms with van der Waals surface area (Å²) in [5, 5.41) is 15.9. The van der Waals surface area contributed by atoms with E-state index in [1.54, 1.807) is 49.4 Å². The van der Waals surface area contributed by atoms with Crippen LogP contribution in [0.25, 0.3) is 0 Å². The number of anilines is 2. The molecule has 0 atom stereocenters. The number of para-hydroxylation sites is 2. The summed E-state index contributed by atoms with van der Waals surface area (Å²) in [5.41, 5.74) is 3.67. The highest BCUT2D eigenvalue weighted by Gasteiger charge is 2.24. The van der Waals surface area contributed by atoms with E-state index >= 15 is 0 Å². The third-order valence-electron chi connectivity index (χ3n) is 4.42. The molecule has 9 nitrogen and oxygen atoms in total. The Bertz CT molecular complexity index is 1290. The van der Waals surface area contributed by atoms with Crippen molar-refractivity contribution in [2.24, 2.45) is 5.10 Å². The molecule has 0 bridgehead atoms. The molecule has 0 aliphatic carbocycles. The minimum absolute atomic E-state index is 0.0457. The number of nitrogens with zero attached hydrogens (tertiary/aromatic N) is 2. The first-order chi connectivity index (χ1) is 15.2. The number of methoxy groups -OCH3 is 1. The Hall–Kier alpha value is -3.63. The maximum atomic E-state index is 13.1. The van der Waals surface area contributed by atoms with Gasteiger partial charge in [0, 0.05) is 22.7 Å². The van der Waals surface area contributed by atoms with Crippen molar-refractivity contribution in [2.75, 3.05) is 17.3 Å². The summed E-state index contributed by atoms with van der Waals surface area (Å²) in [5.74, 6) is 0.295. The summed E-state index contributed by atoms with van der Waals surface area (Å²) in [6, 6.07) is 16.9. The van der Waals surface area contributed by atoms with E-state index in [4.69, 9.17) is 16.3 Å². The van der Waals surface area contributed by atoms with Gasteiger partial charge in [-0.2, -0.15) is 5.10 Å². The summed E-state index contributed by atoms with van der Waals surface area (Å²) in [4.78, 5) is 10.2. The average Bonchev–Trinajstić information content (AvgIpc) is 2.77. The van der Waals surface area contributed by atoms with Crippen LogP contribution in [0.5, 0.6) is 5.75 Å². The number of benzene rings is 3. The molecule has 3 rings (SSSR count). The van der Waals surface area contributed by atoms with E-state index in [1.807, 2.05) is 0 Å². The second-order valence-corrected chi connectivity index (χ2v) is 8.59. The lowest BCUT2D eigenvalue weighted by Gasteiger charge is -2.14. The summed E-state index contributed by atoms with van der Waals surface area (Å²) in [7, 11) is -2.84. The van der Waals surface area contributed by atoms with Crippen molar-refractivity contribution >= 4 is 44.4 Å². The number of halogens is 1. The fraction of sp³-hybridized carbons (Fsp3) is 0.0952. The smallest absolute Gasteiger partial charge is 0.270 e. The van der Waals surface area contributed by atoms with Crippen LogP contribution in [0, 0.1) is 10.1 Å². The summed E-state index contributed by atoms with van der Waals surface area (Å²) in [6.07, 6.45) is 0. The van der Waals surface area contributed by atoms with Gasteiger partial charge in [-0.15, -0.1) is 0 Å². The molecule has 0 spiro atoms. The molecule has 0 aliphatic rings. The highest BCUT2D eigenvalue weighted by Crippen LogP contribution is 2.31. The van der Waals surface area contributed by atoms with Crippen LogP contribution in [-0.4, -0.2) is 26.2 Å². The molecule has 0 unspecified atom stereocenters. The molecule has 3 aromatic carbocycles. The van der Waals surface area contributed by atoms with Crippen LogP contribution in [0.2, 0.25) is 5.02 Å². The number of nitrogens with one attached hydrogen (secondary N) is 2. The lowest BCUT2D eigenvalue weighted by molar-refractivity contribution is -0.385. The van der Waals surface area contributed by atoms with E-state index in [0.717, 1.165) is 6.07 Å². The van der Waals surface area contributed by atoms with Gasteiger partial charge in [0.2, 0.25) is 0 Å². The average molecular weight is 475 g/mol. The minimum atomic E-state index is -4.25. The molecule has 3 aromatic rings. The van der Waals surface area contributed by atoms with Crippen LogP contribution in [-0.2, 0) is 10.0 Å². The van der Waals surface area contributed by atoms with Crippen LogP contribution in [0.4, 0.5) is 17.1 Å². The maximum Gasteiger partial charge on any atom is 0.270 e. The maximum absolute atomic E-state index is 13.1. The first-order valence-electron chi connectivity index (χ1n) is 9.22. The molecule has 2 N–H and O–H groups in total. The molecule has 11 heteroatoms. The molecule has 0 saturated carbocycles. The van der Waals surface area contributed by atoms with Crippen LogP contribution < -0.4 is 14.9 Å². The zero-order chi connectivity index (χ0) is 23.3. The third kappa shape index (κ3) is 5.16. The van der Waals surface area contributed by atoms with E-state index in [9.17, 15) is 18.5 Å². The SMILES string of the molecule is COc1ccccc1NS(=O)(=O)c1cc([N+](=O)[O-])ccc1N/N=C(/C)c1ccccc1Cl. The zero-order valence-electron chi connectivity index (χ0n) is 17.1. The Balaban J connectivity index is 2.02. The molecular formula is C21H19ClN4O5S. The molecule has 0 aromatic heterocycles. The Labute approximate surface area is 189 Å². The number of hydrogen-bond acceptors (Lipinski definition) is 7. The highest BCUT2D eigenvalue weighted by molar-refractivity contribution is 7.93. The van der Waals surface area contributed by atoms with Gasteiger partial charge in [-0.25, -0.2) is 8.42 Å². The van der Waals surface area contributed by atoms with Gasteiger partial charge in [0.15, 0.2) is 0 Å². The molecule has 0 aliphatic heterocycles. The van der Waals surface area contributed by atoms with E-state index in [2.05, 4.69) is 15.2 Å². The zero-order valence-corrected chi connectivity index (χ0v) is 18.6.